The van der Waals surface area contributed by atoms with Crippen LogP contribution in [0.3, 0.4) is 0 Å². The van der Waals surface area contributed by atoms with Crippen molar-refractivity contribution in [1.29, 1.82) is 0 Å². The molecule has 0 unspecified atom stereocenters. The second-order valence-corrected chi connectivity index (χ2v) is 10.0. The summed E-state index contributed by atoms with van der Waals surface area (Å²) in [4.78, 5) is 11.9. The lowest BCUT2D eigenvalue weighted by atomic mass is 10.1. The maximum atomic E-state index is 6.09. The number of halogens is 1. The molecule has 1 fully saturated rings. The average Bonchev–Trinajstić information content (AvgIpc) is 3.38. The van der Waals surface area contributed by atoms with Crippen molar-refractivity contribution < 1.29 is 0 Å². The monoisotopic (exact) mass is 440 g/mol. The Bertz CT molecular complexity index is 1140. The van der Waals surface area contributed by atoms with Crippen LogP contribution in [0, 0.1) is 0 Å². The van der Waals surface area contributed by atoms with Gasteiger partial charge in [0, 0.05) is 47.9 Å². The lowest BCUT2D eigenvalue weighted by Crippen LogP contribution is -2.45. The number of fused-ring (bicyclic) bond motifs is 1. The molecule has 4 nitrogen and oxygen atoms in total. The van der Waals surface area contributed by atoms with Gasteiger partial charge in [-0.25, -0.2) is 4.98 Å². The minimum atomic E-state index is 0.570. The fourth-order valence-corrected chi connectivity index (χ4v) is 5.94. The Morgan fingerprint density at radius 1 is 0.897 bits per heavy atom. The molecule has 0 amide bonds. The lowest BCUT2D eigenvalue weighted by molar-refractivity contribution is 0.250. The zero-order chi connectivity index (χ0) is 19.8. The number of piperazine rings is 1. The molecule has 0 saturated carbocycles. The van der Waals surface area contributed by atoms with Crippen LogP contribution in [0.4, 0.5) is 10.8 Å². The van der Waals surface area contributed by atoms with Gasteiger partial charge < -0.3 is 10.6 Å². The molecule has 1 aromatic carbocycles. The molecule has 1 aliphatic heterocycles. The predicted octanol–water partition coefficient (Wildman–Crippen LogP) is 5.58. The molecule has 0 radical (unpaired) electrons. The molecule has 29 heavy (non-hydrogen) atoms. The van der Waals surface area contributed by atoms with Crippen molar-refractivity contribution in [3.63, 3.8) is 0 Å². The van der Waals surface area contributed by atoms with Crippen molar-refractivity contribution in [1.82, 2.24) is 9.88 Å². The molecular weight excluding hydrogens is 420 g/mol. The number of anilines is 2. The summed E-state index contributed by atoms with van der Waals surface area (Å²) in [6.07, 6.45) is 0. The Kier molecular flexibility index (Phi) is 5.18. The summed E-state index contributed by atoms with van der Waals surface area (Å²) in [6, 6.07) is 18.9. The van der Waals surface area contributed by atoms with Crippen LogP contribution in [0.2, 0.25) is 4.34 Å². The number of nitrogens with zero attached hydrogens (tertiary/aromatic N) is 3. The maximum Gasteiger partial charge on any atom is 0.124 e. The Morgan fingerprint density at radius 3 is 2.48 bits per heavy atom. The molecule has 4 heterocycles. The number of hydrogen-bond donors (Lipinski definition) is 1. The Labute approximate surface area is 183 Å². The van der Waals surface area contributed by atoms with Gasteiger partial charge in [-0.3, -0.25) is 4.90 Å². The number of benzene rings is 1. The summed E-state index contributed by atoms with van der Waals surface area (Å²) in [7, 11) is 0. The van der Waals surface area contributed by atoms with E-state index in [-0.39, 0.29) is 0 Å². The van der Waals surface area contributed by atoms with Gasteiger partial charge >= 0.3 is 0 Å². The van der Waals surface area contributed by atoms with Gasteiger partial charge in [0.05, 0.1) is 14.9 Å². The SMILES string of the molecule is Nc1ccc2cc(CN3CCN(c4ccc(-c5ccc(Cl)s5)s4)CC3)ccc2n1. The third-order valence-corrected chi connectivity index (χ3v) is 7.85. The van der Waals surface area contributed by atoms with E-state index in [1.165, 1.54) is 20.3 Å². The second-order valence-electron chi connectivity index (χ2n) is 7.27. The number of rotatable bonds is 4. The summed E-state index contributed by atoms with van der Waals surface area (Å²) in [5.74, 6) is 0.570. The van der Waals surface area contributed by atoms with E-state index in [0.717, 1.165) is 48.0 Å². The molecule has 3 aromatic heterocycles. The summed E-state index contributed by atoms with van der Waals surface area (Å²) < 4.78 is 0.844. The van der Waals surface area contributed by atoms with Crippen molar-refractivity contribution in [3.8, 4) is 9.75 Å². The molecule has 2 N–H and O–H groups in total. The van der Waals surface area contributed by atoms with Crippen LogP contribution >= 0.6 is 34.3 Å². The van der Waals surface area contributed by atoms with Crippen molar-refractivity contribution in [2.24, 2.45) is 0 Å². The molecular formula is C22H21ClN4S2. The first-order valence-electron chi connectivity index (χ1n) is 9.62. The molecule has 1 aliphatic rings. The summed E-state index contributed by atoms with van der Waals surface area (Å²) >= 11 is 9.58. The van der Waals surface area contributed by atoms with E-state index in [4.69, 9.17) is 17.3 Å². The van der Waals surface area contributed by atoms with Gasteiger partial charge in [0.15, 0.2) is 0 Å². The summed E-state index contributed by atoms with van der Waals surface area (Å²) in [5.41, 5.74) is 8.06. The third-order valence-electron chi connectivity index (χ3n) is 5.27. The highest BCUT2D eigenvalue weighted by Gasteiger charge is 2.19. The molecule has 0 bridgehead atoms. The van der Waals surface area contributed by atoms with Gasteiger partial charge in [0.2, 0.25) is 0 Å². The number of nitrogens with two attached hydrogens (primary N) is 1. The molecule has 5 rings (SSSR count). The molecule has 1 saturated heterocycles. The van der Waals surface area contributed by atoms with Gasteiger partial charge in [-0.1, -0.05) is 17.7 Å². The predicted molar refractivity (Wildman–Crippen MR) is 126 cm³/mol. The van der Waals surface area contributed by atoms with Crippen molar-refractivity contribution in [2.45, 2.75) is 6.54 Å². The van der Waals surface area contributed by atoms with E-state index in [9.17, 15) is 0 Å². The molecule has 0 spiro atoms. The highest BCUT2D eigenvalue weighted by molar-refractivity contribution is 7.25. The Balaban J connectivity index is 1.22. The number of hydrogen-bond acceptors (Lipinski definition) is 6. The fourth-order valence-electron chi connectivity index (χ4n) is 3.75. The van der Waals surface area contributed by atoms with Gasteiger partial charge in [-0.15, -0.1) is 22.7 Å². The minimum absolute atomic E-state index is 0.570. The van der Waals surface area contributed by atoms with E-state index in [0.29, 0.717) is 5.82 Å². The molecule has 4 aromatic rings. The second kappa shape index (κ2) is 7.95. The Hall–Kier alpha value is -2.12. The van der Waals surface area contributed by atoms with E-state index in [1.54, 1.807) is 11.3 Å². The Morgan fingerprint density at radius 2 is 1.69 bits per heavy atom. The fraction of sp³-hybridized carbons (Fsp3) is 0.227. The molecule has 0 aliphatic carbocycles. The van der Waals surface area contributed by atoms with Crippen LogP contribution < -0.4 is 10.6 Å². The largest absolute Gasteiger partial charge is 0.384 e. The maximum absolute atomic E-state index is 6.09. The standard InChI is InChI=1S/C22H21ClN4S2/c23-20-6-4-18(28-20)19-5-8-22(29-19)27-11-9-26(10-12-27)14-15-1-3-17-16(13-15)2-7-21(24)25-17/h1-8,13H,9-12,14H2,(H2,24,25). The van der Waals surface area contributed by atoms with E-state index in [1.807, 2.05) is 29.5 Å². The first kappa shape index (κ1) is 18.9. The first-order chi connectivity index (χ1) is 14.1. The van der Waals surface area contributed by atoms with Crippen molar-refractivity contribution >= 4 is 56.0 Å². The van der Waals surface area contributed by atoms with Crippen LogP contribution in [0.15, 0.2) is 54.6 Å². The van der Waals surface area contributed by atoms with E-state index in [2.05, 4.69) is 51.2 Å². The van der Waals surface area contributed by atoms with E-state index >= 15 is 0 Å². The average molecular weight is 441 g/mol. The quantitative estimate of drug-likeness (QED) is 0.449. The number of nitrogen functional groups attached to an aromatic ring is 1. The zero-order valence-electron chi connectivity index (χ0n) is 15.8. The number of aromatic nitrogens is 1. The van der Waals surface area contributed by atoms with Crippen molar-refractivity contribution in [3.05, 3.63) is 64.5 Å². The molecule has 148 valence electrons. The van der Waals surface area contributed by atoms with Gasteiger partial charge in [-0.2, -0.15) is 0 Å². The highest BCUT2D eigenvalue weighted by Crippen LogP contribution is 2.38. The lowest BCUT2D eigenvalue weighted by Gasteiger charge is -2.35. The van der Waals surface area contributed by atoms with E-state index < -0.39 is 0 Å². The van der Waals surface area contributed by atoms with Crippen LogP contribution in [0.25, 0.3) is 20.7 Å². The first-order valence-corrected chi connectivity index (χ1v) is 11.6. The topological polar surface area (TPSA) is 45.4 Å². The van der Waals surface area contributed by atoms with Gasteiger partial charge in [0.1, 0.15) is 5.82 Å². The normalized spacial score (nSPS) is 15.3. The number of pyridine rings is 1. The van der Waals surface area contributed by atoms with Gasteiger partial charge in [0.25, 0.3) is 0 Å². The number of thiophene rings is 2. The molecule has 7 heteroatoms. The minimum Gasteiger partial charge on any atom is -0.384 e. The van der Waals surface area contributed by atoms with Crippen LogP contribution in [-0.4, -0.2) is 36.1 Å². The van der Waals surface area contributed by atoms with Crippen LogP contribution in [0.5, 0.6) is 0 Å². The summed E-state index contributed by atoms with van der Waals surface area (Å²) in [5, 5.41) is 2.49. The third kappa shape index (κ3) is 4.12. The smallest absolute Gasteiger partial charge is 0.124 e. The summed E-state index contributed by atoms with van der Waals surface area (Å²) in [6.45, 7) is 5.21. The van der Waals surface area contributed by atoms with Crippen LogP contribution in [-0.2, 0) is 6.54 Å². The molecule has 0 atom stereocenters. The van der Waals surface area contributed by atoms with Gasteiger partial charge in [-0.05, 0) is 54.1 Å². The highest BCUT2D eigenvalue weighted by atomic mass is 35.5. The van der Waals surface area contributed by atoms with Crippen molar-refractivity contribution in [2.75, 3.05) is 36.8 Å². The zero-order valence-corrected chi connectivity index (χ0v) is 18.2. The van der Waals surface area contributed by atoms with Crippen LogP contribution in [0.1, 0.15) is 5.56 Å².